The topological polar surface area (TPSA) is 33.4 Å². The van der Waals surface area contributed by atoms with Crippen molar-refractivity contribution in [1.82, 2.24) is 0 Å². The molecule has 2 aromatic carbocycles. The summed E-state index contributed by atoms with van der Waals surface area (Å²) < 4.78 is 32.4. The largest absolute Gasteiger partial charge is 0.458 e. The van der Waals surface area contributed by atoms with Crippen LogP contribution in [0.5, 0.6) is 0 Å². The minimum Gasteiger partial charge on any atom is -0.458 e. The highest BCUT2D eigenvalue weighted by Crippen LogP contribution is 2.30. The summed E-state index contributed by atoms with van der Waals surface area (Å²) in [7, 11) is 0. The summed E-state index contributed by atoms with van der Waals surface area (Å²) in [6.45, 7) is 0. The Morgan fingerprint density at radius 2 is 1.85 bits per heavy atom. The van der Waals surface area contributed by atoms with E-state index in [9.17, 15) is 13.9 Å². The third-order valence-electron chi connectivity index (χ3n) is 3.03. The third kappa shape index (κ3) is 2.34. The van der Waals surface area contributed by atoms with Crippen LogP contribution in [0.15, 0.2) is 51.4 Å². The van der Waals surface area contributed by atoms with Gasteiger partial charge in [-0.3, -0.25) is 0 Å². The highest BCUT2D eigenvalue weighted by atomic mass is 79.9. The molecular weight excluding hydrogens is 330 g/mol. The Hall–Kier alpha value is -1.72. The van der Waals surface area contributed by atoms with Gasteiger partial charge in [-0.2, -0.15) is 0 Å². The van der Waals surface area contributed by atoms with Gasteiger partial charge in [0.05, 0.1) is 4.47 Å². The van der Waals surface area contributed by atoms with E-state index < -0.39 is 11.9 Å². The molecule has 2 nitrogen and oxygen atoms in total. The van der Waals surface area contributed by atoms with Crippen molar-refractivity contribution in [2.24, 2.45) is 0 Å². The van der Waals surface area contributed by atoms with Crippen molar-refractivity contribution in [1.29, 1.82) is 0 Å². The molecular formula is C15H9BrF2O2. The van der Waals surface area contributed by atoms with Crippen LogP contribution in [0.25, 0.3) is 11.0 Å². The molecule has 0 bridgehead atoms. The highest BCUT2D eigenvalue weighted by Gasteiger charge is 2.17. The van der Waals surface area contributed by atoms with E-state index in [0.717, 1.165) is 0 Å². The zero-order valence-electron chi connectivity index (χ0n) is 10.1. The van der Waals surface area contributed by atoms with Gasteiger partial charge in [-0.15, -0.1) is 0 Å². The summed E-state index contributed by atoms with van der Waals surface area (Å²) in [6, 6.07) is 9.95. The molecule has 0 spiro atoms. The van der Waals surface area contributed by atoms with Crippen molar-refractivity contribution in [3.63, 3.8) is 0 Å². The van der Waals surface area contributed by atoms with Crippen LogP contribution in [-0.4, -0.2) is 5.11 Å². The van der Waals surface area contributed by atoms with Crippen LogP contribution in [0.2, 0.25) is 0 Å². The molecule has 1 aromatic heterocycles. The number of hydrogen-bond acceptors (Lipinski definition) is 2. The molecule has 3 aromatic rings. The molecule has 20 heavy (non-hydrogen) atoms. The Labute approximate surface area is 121 Å². The van der Waals surface area contributed by atoms with Gasteiger partial charge in [-0.05, 0) is 57.9 Å². The zero-order chi connectivity index (χ0) is 14.3. The Balaban J connectivity index is 2.02. The third-order valence-corrected chi connectivity index (χ3v) is 3.67. The number of furan rings is 1. The molecule has 0 aliphatic rings. The first kappa shape index (κ1) is 13.3. The number of hydrogen-bond donors (Lipinski definition) is 1. The van der Waals surface area contributed by atoms with Crippen LogP contribution in [0.4, 0.5) is 8.78 Å². The van der Waals surface area contributed by atoms with E-state index in [-0.39, 0.29) is 11.6 Å². The van der Waals surface area contributed by atoms with E-state index in [1.54, 1.807) is 12.1 Å². The fourth-order valence-corrected chi connectivity index (χ4v) is 2.26. The molecule has 1 N–H and O–H groups in total. The first-order valence-corrected chi connectivity index (χ1v) is 6.66. The summed E-state index contributed by atoms with van der Waals surface area (Å²) in [5.41, 5.74) is 0.836. The Morgan fingerprint density at radius 1 is 1.05 bits per heavy atom. The van der Waals surface area contributed by atoms with Gasteiger partial charge in [-0.1, -0.05) is 6.07 Å². The van der Waals surface area contributed by atoms with Gasteiger partial charge >= 0.3 is 0 Å². The molecule has 0 aliphatic carbocycles. The van der Waals surface area contributed by atoms with E-state index in [1.165, 1.54) is 30.3 Å². The zero-order valence-corrected chi connectivity index (χ0v) is 11.7. The first-order valence-electron chi connectivity index (χ1n) is 5.86. The Kier molecular flexibility index (Phi) is 3.31. The lowest BCUT2D eigenvalue weighted by Crippen LogP contribution is -1.98. The van der Waals surface area contributed by atoms with Gasteiger partial charge in [0.15, 0.2) is 0 Å². The summed E-state index contributed by atoms with van der Waals surface area (Å²) in [6.07, 6.45) is -1.10. The van der Waals surface area contributed by atoms with E-state index in [4.69, 9.17) is 4.42 Å². The first-order chi connectivity index (χ1) is 9.54. The van der Waals surface area contributed by atoms with E-state index in [0.29, 0.717) is 21.0 Å². The number of halogens is 3. The van der Waals surface area contributed by atoms with Gasteiger partial charge in [-0.25, -0.2) is 8.78 Å². The number of rotatable bonds is 2. The van der Waals surface area contributed by atoms with Gasteiger partial charge in [0.25, 0.3) is 0 Å². The maximum absolute atomic E-state index is 13.5. The minimum absolute atomic E-state index is 0.243. The van der Waals surface area contributed by atoms with Crippen molar-refractivity contribution in [2.75, 3.05) is 0 Å². The van der Waals surface area contributed by atoms with Crippen molar-refractivity contribution < 1.29 is 18.3 Å². The SMILES string of the molecule is OC(c1ccc(Br)c(F)c1)c1cc2cc(F)ccc2o1. The number of fused-ring (bicyclic) bond motifs is 1. The molecule has 0 aliphatic heterocycles. The highest BCUT2D eigenvalue weighted by molar-refractivity contribution is 9.10. The molecule has 1 heterocycles. The van der Waals surface area contributed by atoms with Crippen LogP contribution in [-0.2, 0) is 0 Å². The number of aliphatic hydroxyl groups excluding tert-OH is 1. The minimum atomic E-state index is -1.10. The molecule has 0 radical (unpaired) electrons. The Bertz CT molecular complexity index is 783. The summed E-state index contributed by atoms with van der Waals surface area (Å²) in [5.74, 6) is -0.606. The molecule has 102 valence electrons. The summed E-state index contributed by atoms with van der Waals surface area (Å²) >= 11 is 3.05. The van der Waals surface area contributed by atoms with Crippen LogP contribution < -0.4 is 0 Å². The predicted molar refractivity (Wildman–Crippen MR) is 74.3 cm³/mol. The lowest BCUT2D eigenvalue weighted by atomic mass is 10.1. The van der Waals surface area contributed by atoms with Gasteiger partial charge < -0.3 is 9.52 Å². The molecule has 5 heteroatoms. The smallest absolute Gasteiger partial charge is 0.138 e. The number of benzene rings is 2. The van der Waals surface area contributed by atoms with Crippen molar-refractivity contribution in [2.45, 2.75) is 6.10 Å². The molecule has 1 unspecified atom stereocenters. The monoisotopic (exact) mass is 338 g/mol. The van der Waals surface area contributed by atoms with Crippen LogP contribution in [0, 0.1) is 11.6 Å². The van der Waals surface area contributed by atoms with Crippen LogP contribution in [0.3, 0.4) is 0 Å². The molecule has 0 amide bonds. The van der Waals surface area contributed by atoms with Crippen LogP contribution in [0.1, 0.15) is 17.4 Å². The predicted octanol–water partition coefficient (Wildman–Crippen LogP) is 4.56. The lowest BCUT2D eigenvalue weighted by Gasteiger charge is -2.08. The lowest BCUT2D eigenvalue weighted by molar-refractivity contribution is 0.192. The van der Waals surface area contributed by atoms with E-state index in [1.807, 2.05) is 0 Å². The van der Waals surface area contributed by atoms with Crippen molar-refractivity contribution >= 4 is 26.9 Å². The summed E-state index contributed by atoms with van der Waals surface area (Å²) in [5, 5.41) is 10.8. The van der Waals surface area contributed by atoms with E-state index in [2.05, 4.69) is 15.9 Å². The second-order valence-electron chi connectivity index (χ2n) is 4.41. The molecule has 3 rings (SSSR count). The number of aliphatic hydroxyl groups is 1. The second-order valence-corrected chi connectivity index (χ2v) is 5.26. The van der Waals surface area contributed by atoms with Gasteiger partial charge in [0, 0.05) is 5.39 Å². The molecule has 0 saturated heterocycles. The second kappa shape index (κ2) is 5.00. The van der Waals surface area contributed by atoms with Crippen molar-refractivity contribution in [3.05, 3.63) is 69.9 Å². The molecule has 1 atom stereocenters. The van der Waals surface area contributed by atoms with Crippen LogP contribution >= 0.6 is 15.9 Å². The van der Waals surface area contributed by atoms with Crippen molar-refractivity contribution in [3.8, 4) is 0 Å². The maximum atomic E-state index is 13.5. The van der Waals surface area contributed by atoms with Gasteiger partial charge in [0.2, 0.25) is 0 Å². The quantitative estimate of drug-likeness (QED) is 0.743. The average molecular weight is 339 g/mol. The Morgan fingerprint density at radius 3 is 2.60 bits per heavy atom. The molecule has 0 saturated carbocycles. The summed E-state index contributed by atoms with van der Waals surface area (Å²) in [4.78, 5) is 0. The normalized spacial score (nSPS) is 12.8. The molecule has 0 fully saturated rings. The fraction of sp³-hybridized carbons (Fsp3) is 0.0667. The van der Waals surface area contributed by atoms with E-state index >= 15 is 0 Å². The van der Waals surface area contributed by atoms with Gasteiger partial charge in [0.1, 0.15) is 29.1 Å². The maximum Gasteiger partial charge on any atom is 0.138 e. The average Bonchev–Trinajstić information content (AvgIpc) is 2.84. The fourth-order valence-electron chi connectivity index (χ4n) is 2.02. The standard InChI is InChI=1S/C15H9BrF2O2/c16-11-3-1-8(6-12(11)18)15(19)14-7-9-5-10(17)2-4-13(9)20-14/h1-7,15,19H.